The third kappa shape index (κ3) is 5.21. The summed E-state index contributed by atoms with van der Waals surface area (Å²) in [6.45, 7) is 4.12. The summed E-state index contributed by atoms with van der Waals surface area (Å²) in [6, 6.07) is 8.33. The Kier molecular flexibility index (Phi) is 6.50. The van der Waals surface area contributed by atoms with E-state index in [0.29, 0.717) is 19.4 Å². The van der Waals surface area contributed by atoms with Crippen molar-refractivity contribution >= 4 is 11.8 Å². The summed E-state index contributed by atoms with van der Waals surface area (Å²) in [7, 11) is 1.68. The fourth-order valence-corrected chi connectivity index (χ4v) is 3.82. The third-order valence-electron chi connectivity index (χ3n) is 5.19. The van der Waals surface area contributed by atoms with E-state index in [4.69, 9.17) is 4.74 Å². The van der Waals surface area contributed by atoms with E-state index in [1.165, 1.54) is 5.56 Å². The summed E-state index contributed by atoms with van der Waals surface area (Å²) in [5.41, 5.74) is 1.23. The molecular formula is C20H29N3O3. The monoisotopic (exact) mass is 359 g/mol. The number of hydrogen-bond acceptors (Lipinski definition) is 4. The molecule has 1 atom stereocenters. The molecule has 6 nitrogen and oxygen atoms in total. The number of carbonyl (C=O) groups is 2. The minimum absolute atomic E-state index is 0.0536. The van der Waals surface area contributed by atoms with Gasteiger partial charge in [-0.05, 0) is 43.5 Å². The highest BCUT2D eigenvalue weighted by atomic mass is 16.5. The van der Waals surface area contributed by atoms with Crippen LogP contribution >= 0.6 is 0 Å². The maximum atomic E-state index is 12.2. The summed E-state index contributed by atoms with van der Waals surface area (Å²) in [5.74, 6) is 1.11. The Morgan fingerprint density at radius 1 is 1.31 bits per heavy atom. The van der Waals surface area contributed by atoms with Crippen molar-refractivity contribution < 1.29 is 14.3 Å². The highest BCUT2D eigenvalue weighted by molar-refractivity contribution is 5.80. The van der Waals surface area contributed by atoms with Crippen LogP contribution in [-0.2, 0) is 16.1 Å². The molecule has 3 rings (SSSR count). The van der Waals surface area contributed by atoms with Gasteiger partial charge < -0.3 is 15.0 Å². The molecule has 2 heterocycles. The maximum Gasteiger partial charge on any atom is 0.222 e. The van der Waals surface area contributed by atoms with Gasteiger partial charge in [-0.3, -0.25) is 14.5 Å². The maximum absolute atomic E-state index is 12.2. The molecule has 1 N–H and O–H groups in total. The van der Waals surface area contributed by atoms with Crippen molar-refractivity contribution in [3.63, 3.8) is 0 Å². The lowest BCUT2D eigenvalue weighted by molar-refractivity contribution is -0.128. The Balaban J connectivity index is 1.44. The lowest BCUT2D eigenvalue weighted by Crippen LogP contribution is -2.47. The molecule has 6 heteroatoms. The fraction of sp³-hybridized carbons (Fsp3) is 0.600. The number of ether oxygens (including phenoxy) is 1. The van der Waals surface area contributed by atoms with E-state index in [9.17, 15) is 9.59 Å². The largest absolute Gasteiger partial charge is 0.497 e. The highest BCUT2D eigenvalue weighted by Gasteiger charge is 2.23. The van der Waals surface area contributed by atoms with Gasteiger partial charge in [-0.25, -0.2) is 0 Å². The van der Waals surface area contributed by atoms with E-state index in [-0.39, 0.29) is 17.9 Å². The van der Waals surface area contributed by atoms with Gasteiger partial charge in [-0.2, -0.15) is 0 Å². The number of hydrogen-bond donors (Lipinski definition) is 1. The summed E-state index contributed by atoms with van der Waals surface area (Å²) in [5, 5.41) is 3.15. The quantitative estimate of drug-likeness (QED) is 0.806. The Morgan fingerprint density at radius 3 is 2.96 bits per heavy atom. The van der Waals surface area contributed by atoms with Crippen LogP contribution in [-0.4, -0.2) is 60.9 Å². The van der Waals surface area contributed by atoms with Crippen LogP contribution in [0.4, 0.5) is 0 Å². The van der Waals surface area contributed by atoms with Crippen LogP contribution in [0.25, 0.3) is 0 Å². The Hall–Kier alpha value is -2.08. The topological polar surface area (TPSA) is 61.9 Å². The normalized spacial score (nSPS) is 21.0. The standard InChI is InChI=1S/C20H29N3O3/c1-26-18-7-2-5-16(13-18)14-22-10-3-6-17(15-22)21-19(24)9-12-23-11-4-8-20(23)25/h2,5,7,13,17H,3-4,6,8-12,14-15H2,1H3,(H,21,24)/t17-/m0/s1. The number of likely N-dealkylation sites (tertiary alicyclic amines) is 2. The molecule has 2 aliphatic rings. The number of nitrogens with zero attached hydrogens (tertiary/aromatic N) is 2. The first-order chi connectivity index (χ1) is 12.6. The smallest absolute Gasteiger partial charge is 0.222 e. The molecule has 0 aromatic heterocycles. The number of methoxy groups -OCH3 is 1. The van der Waals surface area contributed by atoms with E-state index >= 15 is 0 Å². The molecule has 1 aromatic rings. The number of benzene rings is 1. The third-order valence-corrected chi connectivity index (χ3v) is 5.19. The molecule has 142 valence electrons. The summed E-state index contributed by atoms with van der Waals surface area (Å²) < 4.78 is 5.29. The lowest BCUT2D eigenvalue weighted by atomic mass is 10.0. The zero-order valence-electron chi connectivity index (χ0n) is 15.6. The van der Waals surface area contributed by atoms with Crippen molar-refractivity contribution in [3.05, 3.63) is 29.8 Å². The zero-order valence-corrected chi connectivity index (χ0v) is 15.6. The molecule has 2 fully saturated rings. The molecule has 2 amide bonds. The van der Waals surface area contributed by atoms with E-state index < -0.39 is 0 Å². The second-order valence-corrected chi connectivity index (χ2v) is 7.23. The Labute approximate surface area is 155 Å². The Morgan fingerprint density at radius 2 is 2.19 bits per heavy atom. The molecule has 1 aromatic carbocycles. The first-order valence-electron chi connectivity index (χ1n) is 9.56. The van der Waals surface area contributed by atoms with Gasteiger partial charge in [0.25, 0.3) is 0 Å². The van der Waals surface area contributed by atoms with Crippen molar-refractivity contribution in [3.8, 4) is 5.75 Å². The molecule has 2 saturated heterocycles. The van der Waals surface area contributed by atoms with E-state index in [2.05, 4.69) is 22.3 Å². The van der Waals surface area contributed by atoms with Gasteiger partial charge in [0.2, 0.25) is 11.8 Å². The van der Waals surface area contributed by atoms with Crippen LogP contribution in [0.5, 0.6) is 5.75 Å². The fourth-order valence-electron chi connectivity index (χ4n) is 3.82. The SMILES string of the molecule is COc1cccc(CN2CCC[C@H](NC(=O)CCN3CCCC3=O)C2)c1. The van der Waals surface area contributed by atoms with Crippen molar-refractivity contribution in [2.45, 2.75) is 44.7 Å². The van der Waals surface area contributed by atoms with Gasteiger partial charge in [-0.15, -0.1) is 0 Å². The number of amides is 2. The van der Waals surface area contributed by atoms with Gasteiger partial charge in [-0.1, -0.05) is 12.1 Å². The van der Waals surface area contributed by atoms with Gasteiger partial charge in [0.05, 0.1) is 7.11 Å². The number of rotatable bonds is 7. The molecular weight excluding hydrogens is 330 g/mol. The lowest BCUT2D eigenvalue weighted by Gasteiger charge is -2.33. The average molecular weight is 359 g/mol. The van der Waals surface area contributed by atoms with Crippen molar-refractivity contribution in [1.29, 1.82) is 0 Å². The molecule has 0 aliphatic carbocycles. The first kappa shape index (κ1) is 18.7. The molecule has 2 aliphatic heterocycles. The summed E-state index contributed by atoms with van der Waals surface area (Å²) >= 11 is 0. The van der Waals surface area contributed by atoms with Gasteiger partial charge in [0.1, 0.15) is 5.75 Å². The van der Waals surface area contributed by atoms with Gasteiger partial charge in [0.15, 0.2) is 0 Å². The van der Waals surface area contributed by atoms with Crippen LogP contribution < -0.4 is 10.1 Å². The molecule has 26 heavy (non-hydrogen) atoms. The van der Waals surface area contributed by atoms with Crippen LogP contribution in [0, 0.1) is 0 Å². The van der Waals surface area contributed by atoms with Crippen LogP contribution in [0.15, 0.2) is 24.3 Å². The zero-order chi connectivity index (χ0) is 18.4. The van der Waals surface area contributed by atoms with E-state index in [1.807, 2.05) is 12.1 Å². The van der Waals surface area contributed by atoms with Gasteiger partial charge >= 0.3 is 0 Å². The molecule has 0 radical (unpaired) electrons. The van der Waals surface area contributed by atoms with Crippen molar-refractivity contribution in [2.75, 3.05) is 33.3 Å². The minimum atomic E-state index is 0.0536. The molecule has 0 unspecified atom stereocenters. The predicted octanol–water partition coefficient (Wildman–Crippen LogP) is 1.79. The Bertz CT molecular complexity index is 634. The summed E-state index contributed by atoms with van der Waals surface area (Å²) in [4.78, 5) is 28.0. The number of carbonyl (C=O) groups excluding carboxylic acids is 2. The molecule has 0 bridgehead atoms. The molecule has 0 saturated carbocycles. The number of nitrogens with one attached hydrogen (secondary N) is 1. The van der Waals surface area contributed by atoms with Crippen LogP contribution in [0.2, 0.25) is 0 Å². The van der Waals surface area contributed by atoms with E-state index in [0.717, 1.165) is 51.2 Å². The van der Waals surface area contributed by atoms with Gasteiger partial charge in [0, 0.05) is 45.1 Å². The van der Waals surface area contributed by atoms with Crippen molar-refractivity contribution in [1.82, 2.24) is 15.1 Å². The minimum Gasteiger partial charge on any atom is -0.497 e. The summed E-state index contributed by atoms with van der Waals surface area (Å²) in [6.07, 6.45) is 4.05. The van der Waals surface area contributed by atoms with Crippen LogP contribution in [0.3, 0.4) is 0 Å². The molecule has 0 spiro atoms. The number of piperidine rings is 1. The first-order valence-corrected chi connectivity index (χ1v) is 9.56. The predicted molar refractivity (Wildman–Crippen MR) is 99.9 cm³/mol. The van der Waals surface area contributed by atoms with Crippen molar-refractivity contribution in [2.24, 2.45) is 0 Å². The highest BCUT2D eigenvalue weighted by Crippen LogP contribution is 2.18. The van der Waals surface area contributed by atoms with Crippen LogP contribution in [0.1, 0.15) is 37.7 Å². The second-order valence-electron chi connectivity index (χ2n) is 7.23. The second kappa shape index (κ2) is 9.03. The van der Waals surface area contributed by atoms with E-state index in [1.54, 1.807) is 12.0 Å². The average Bonchev–Trinajstić information content (AvgIpc) is 3.05.